The maximum Gasteiger partial charge on any atom is 0.271 e. The molecule has 0 unspecified atom stereocenters. The average molecular weight is 229 g/mol. The van der Waals surface area contributed by atoms with Gasteiger partial charge in [0, 0.05) is 36.7 Å². The smallest absolute Gasteiger partial charge is 0.271 e. The van der Waals surface area contributed by atoms with E-state index in [1.165, 1.54) is 6.07 Å². The molecule has 1 aromatic heterocycles. The largest absolute Gasteiger partial charge is 0.347 e. The van der Waals surface area contributed by atoms with Crippen molar-refractivity contribution < 1.29 is 4.92 Å². The first kappa shape index (κ1) is 11.1. The van der Waals surface area contributed by atoms with Gasteiger partial charge >= 0.3 is 0 Å². The van der Waals surface area contributed by atoms with Crippen LogP contribution in [0.4, 0.5) is 5.69 Å². The highest BCUT2D eigenvalue weighted by Crippen LogP contribution is 2.22. The number of hydrogen-bond acceptors (Lipinski definition) is 3. The molecule has 0 radical (unpaired) electrons. The fourth-order valence-corrected chi connectivity index (χ4v) is 1.81. The molecule has 0 saturated heterocycles. The molecule has 86 valence electrons. The minimum atomic E-state index is -0.397. The Labute approximate surface area is 98.0 Å². The van der Waals surface area contributed by atoms with Crippen molar-refractivity contribution in [1.82, 2.24) is 4.57 Å². The molecule has 0 N–H and O–H groups in total. The lowest BCUT2D eigenvalue weighted by atomic mass is 10.2. The lowest BCUT2D eigenvalue weighted by Gasteiger charge is -2.03. The lowest BCUT2D eigenvalue weighted by molar-refractivity contribution is -0.384. The first-order valence-corrected chi connectivity index (χ1v) is 5.32. The summed E-state index contributed by atoms with van der Waals surface area (Å²) >= 11 is 0. The van der Waals surface area contributed by atoms with Crippen LogP contribution in [0, 0.1) is 21.4 Å². The van der Waals surface area contributed by atoms with Crippen LogP contribution in [0.1, 0.15) is 12.8 Å². The second kappa shape index (κ2) is 4.66. The minimum absolute atomic E-state index is 0.0951. The van der Waals surface area contributed by atoms with Gasteiger partial charge in [0.1, 0.15) is 0 Å². The van der Waals surface area contributed by atoms with Crippen LogP contribution in [0.15, 0.2) is 30.5 Å². The molecule has 2 aromatic rings. The lowest BCUT2D eigenvalue weighted by Crippen LogP contribution is -1.96. The molecule has 5 heteroatoms. The second-order valence-corrected chi connectivity index (χ2v) is 3.77. The molecule has 1 aromatic carbocycles. The predicted octanol–water partition coefficient (Wildman–Crippen LogP) is 2.85. The molecule has 0 aliphatic rings. The summed E-state index contributed by atoms with van der Waals surface area (Å²) in [5.41, 5.74) is 0.940. The SMILES string of the molecule is N#CCCCn1ccc2ccc([N+](=O)[O-])cc21. The van der Waals surface area contributed by atoms with Crippen LogP contribution in [0.25, 0.3) is 10.9 Å². The normalized spacial score (nSPS) is 10.3. The van der Waals surface area contributed by atoms with Crippen LogP contribution in [0.5, 0.6) is 0 Å². The van der Waals surface area contributed by atoms with Crippen LogP contribution in [0.3, 0.4) is 0 Å². The fourth-order valence-electron chi connectivity index (χ4n) is 1.81. The third-order valence-electron chi connectivity index (χ3n) is 2.66. The van der Waals surface area contributed by atoms with Gasteiger partial charge in [-0.15, -0.1) is 0 Å². The molecule has 5 nitrogen and oxygen atoms in total. The minimum Gasteiger partial charge on any atom is -0.347 e. The van der Waals surface area contributed by atoms with E-state index in [0.717, 1.165) is 17.3 Å². The van der Waals surface area contributed by atoms with Gasteiger partial charge < -0.3 is 4.57 Å². The van der Waals surface area contributed by atoms with E-state index in [9.17, 15) is 10.1 Å². The molecule has 2 rings (SSSR count). The Kier molecular flexibility index (Phi) is 3.06. The van der Waals surface area contributed by atoms with Gasteiger partial charge in [-0.25, -0.2) is 0 Å². The number of rotatable bonds is 4. The summed E-state index contributed by atoms with van der Waals surface area (Å²) in [6.07, 6.45) is 3.14. The molecular weight excluding hydrogens is 218 g/mol. The Balaban J connectivity index is 2.33. The summed E-state index contributed by atoms with van der Waals surface area (Å²) in [6, 6.07) is 8.83. The Hall–Kier alpha value is -2.35. The molecule has 1 heterocycles. The number of aryl methyl sites for hydroxylation is 1. The Bertz CT molecular complexity index is 595. The van der Waals surface area contributed by atoms with Gasteiger partial charge in [-0.3, -0.25) is 10.1 Å². The van der Waals surface area contributed by atoms with Crippen LogP contribution in [0.2, 0.25) is 0 Å². The Morgan fingerprint density at radius 3 is 2.94 bits per heavy atom. The zero-order valence-corrected chi connectivity index (χ0v) is 9.17. The molecule has 0 atom stereocenters. The number of nitrogens with zero attached hydrogens (tertiary/aromatic N) is 3. The molecule has 0 fully saturated rings. The molecule has 0 saturated carbocycles. The summed E-state index contributed by atoms with van der Waals surface area (Å²) in [6.45, 7) is 0.707. The van der Waals surface area contributed by atoms with E-state index in [1.807, 2.05) is 16.8 Å². The van der Waals surface area contributed by atoms with Crippen LogP contribution in [-0.4, -0.2) is 9.49 Å². The van der Waals surface area contributed by atoms with E-state index in [4.69, 9.17) is 5.26 Å². The van der Waals surface area contributed by atoms with Gasteiger partial charge in [-0.05, 0) is 18.6 Å². The number of aromatic nitrogens is 1. The summed E-state index contributed by atoms with van der Waals surface area (Å²) in [4.78, 5) is 10.3. The number of hydrogen-bond donors (Lipinski definition) is 0. The number of nitro benzene ring substituents is 1. The molecule has 0 spiro atoms. The standard InChI is InChI=1S/C12H11N3O2/c13-6-1-2-7-14-8-5-10-3-4-11(15(16)17)9-12(10)14/h3-5,8-9H,1-2,7H2. The highest BCUT2D eigenvalue weighted by molar-refractivity contribution is 5.82. The monoisotopic (exact) mass is 229 g/mol. The number of benzene rings is 1. The topological polar surface area (TPSA) is 71.9 Å². The van der Waals surface area contributed by atoms with Gasteiger partial charge in [-0.1, -0.05) is 0 Å². The third kappa shape index (κ3) is 2.26. The maximum atomic E-state index is 10.7. The number of nitriles is 1. The van der Waals surface area contributed by atoms with Crippen LogP contribution >= 0.6 is 0 Å². The summed E-state index contributed by atoms with van der Waals surface area (Å²) in [7, 11) is 0. The van der Waals surface area contributed by atoms with Crippen molar-refractivity contribution in [2.75, 3.05) is 0 Å². The molecular formula is C12H11N3O2. The van der Waals surface area contributed by atoms with Gasteiger partial charge in [0.2, 0.25) is 0 Å². The molecule has 17 heavy (non-hydrogen) atoms. The third-order valence-corrected chi connectivity index (χ3v) is 2.66. The van der Waals surface area contributed by atoms with Crippen LogP contribution in [-0.2, 0) is 6.54 Å². The van der Waals surface area contributed by atoms with E-state index in [0.29, 0.717) is 13.0 Å². The van der Waals surface area contributed by atoms with Crippen molar-refractivity contribution in [3.8, 4) is 6.07 Å². The van der Waals surface area contributed by atoms with E-state index in [2.05, 4.69) is 6.07 Å². The maximum absolute atomic E-state index is 10.7. The summed E-state index contributed by atoms with van der Waals surface area (Å²) < 4.78 is 1.94. The van der Waals surface area contributed by atoms with Crippen LogP contribution < -0.4 is 0 Å². The number of fused-ring (bicyclic) bond motifs is 1. The molecule has 0 aliphatic heterocycles. The van der Waals surface area contributed by atoms with E-state index in [-0.39, 0.29) is 5.69 Å². The van der Waals surface area contributed by atoms with Crippen molar-refractivity contribution in [3.05, 3.63) is 40.6 Å². The van der Waals surface area contributed by atoms with Gasteiger partial charge in [0.05, 0.1) is 16.5 Å². The van der Waals surface area contributed by atoms with Crippen molar-refractivity contribution in [2.24, 2.45) is 0 Å². The first-order valence-electron chi connectivity index (χ1n) is 5.32. The van der Waals surface area contributed by atoms with Gasteiger partial charge in [0.25, 0.3) is 5.69 Å². The van der Waals surface area contributed by atoms with Crippen molar-refractivity contribution in [3.63, 3.8) is 0 Å². The van der Waals surface area contributed by atoms with Gasteiger partial charge in [0.15, 0.2) is 0 Å². The van der Waals surface area contributed by atoms with Crippen molar-refractivity contribution >= 4 is 16.6 Å². The quantitative estimate of drug-likeness (QED) is 0.459. The number of nitro groups is 1. The molecule has 0 amide bonds. The molecule has 0 bridgehead atoms. The summed E-state index contributed by atoms with van der Waals surface area (Å²) in [5.74, 6) is 0. The Morgan fingerprint density at radius 2 is 2.24 bits per heavy atom. The average Bonchev–Trinajstić information content (AvgIpc) is 2.72. The van der Waals surface area contributed by atoms with Crippen molar-refractivity contribution in [2.45, 2.75) is 19.4 Å². The summed E-state index contributed by atoms with van der Waals surface area (Å²) in [5, 5.41) is 20.1. The zero-order valence-electron chi connectivity index (χ0n) is 9.17. The molecule has 0 aliphatic carbocycles. The highest BCUT2D eigenvalue weighted by Gasteiger charge is 2.08. The van der Waals surface area contributed by atoms with Crippen molar-refractivity contribution in [1.29, 1.82) is 5.26 Å². The fraction of sp³-hybridized carbons (Fsp3) is 0.250. The Morgan fingerprint density at radius 1 is 1.41 bits per heavy atom. The first-order chi connectivity index (χ1) is 8.22. The predicted molar refractivity (Wildman–Crippen MR) is 63.4 cm³/mol. The highest BCUT2D eigenvalue weighted by atomic mass is 16.6. The van der Waals surface area contributed by atoms with E-state index < -0.39 is 4.92 Å². The number of non-ortho nitro benzene ring substituents is 1. The van der Waals surface area contributed by atoms with E-state index in [1.54, 1.807) is 12.1 Å². The number of unbranched alkanes of at least 4 members (excludes halogenated alkanes) is 1. The second-order valence-electron chi connectivity index (χ2n) is 3.77. The van der Waals surface area contributed by atoms with Gasteiger partial charge in [-0.2, -0.15) is 5.26 Å². The van der Waals surface area contributed by atoms with E-state index >= 15 is 0 Å². The zero-order chi connectivity index (χ0) is 12.3.